The first-order valence-corrected chi connectivity index (χ1v) is 5.56. The molecule has 0 spiro atoms. The van der Waals surface area contributed by atoms with Crippen LogP contribution in [0.4, 0.5) is 0 Å². The topological polar surface area (TPSA) is 40.5 Å². The fourth-order valence-electron chi connectivity index (χ4n) is 1.36. The van der Waals surface area contributed by atoms with E-state index in [1.165, 1.54) is 12.1 Å². The van der Waals surface area contributed by atoms with Gasteiger partial charge in [0, 0.05) is 21.2 Å². The van der Waals surface area contributed by atoms with Crippen molar-refractivity contribution >= 4 is 23.2 Å². The minimum absolute atomic E-state index is 0.0359. The fraction of sp³-hybridized carbons (Fsp3) is 0. The van der Waals surface area contributed by atoms with E-state index < -0.39 is 0 Å². The second-order valence-corrected chi connectivity index (χ2v) is 4.32. The van der Waals surface area contributed by atoms with Crippen molar-refractivity contribution in [2.24, 2.45) is 0 Å². The predicted molar refractivity (Wildman–Crippen MR) is 67.7 cm³/mol. The number of halogens is 2. The normalized spacial score (nSPS) is 10.5. The third kappa shape index (κ3) is 2.84. The second kappa shape index (κ2) is 4.86. The number of phenols is 2. The fourth-order valence-corrected chi connectivity index (χ4v) is 1.71. The standard InChI is InChI=1S/C13H8Cl2O2/c14-10-1-3-12(16)8(6-10)5-9-7-11(15)2-4-13(9)17/h1-4,6-7,16-17H. The molecule has 0 amide bonds. The smallest absolute Gasteiger partial charge is 0.119 e. The van der Waals surface area contributed by atoms with Crippen molar-refractivity contribution in [1.29, 1.82) is 0 Å². The number of hydrogen-bond acceptors (Lipinski definition) is 2. The molecule has 2 aromatic carbocycles. The van der Waals surface area contributed by atoms with Crippen molar-refractivity contribution in [2.75, 3.05) is 0 Å². The lowest BCUT2D eigenvalue weighted by Gasteiger charge is -2.06. The van der Waals surface area contributed by atoms with E-state index in [1.54, 1.807) is 24.3 Å². The van der Waals surface area contributed by atoms with E-state index in [-0.39, 0.29) is 11.5 Å². The SMILES string of the molecule is Oc1ccc(Cl)cc1[C]c1cc(Cl)ccc1O. The zero-order valence-corrected chi connectivity index (χ0v) is 10.1. The van der Waals surface area contributed by atoms with Gasteiger partial charge in [-0.1, -0.05) is 23.2 Å². The zero-order chi connectivity index (χ0) is 12.4. The number of phenolic OH excluding ortho intramolecular Hbond substituents is 2. The van der Waals surface area contributed by atoms with E-state index in [0.717, 1.165) is 0 Å². The van der Waals surface area contributed by atoms with E-state index in [1.807, 2.05) is 0 Å². The van der Waals surface area contributed by atoms with Crippen molar-refractivity contribution < 1.29 is 10.2 Å². The monoisotopic (exact) mass is 266 g/mol. The van der Waals surface area contributed by atoms with Crippen LogP contribution >= 0.6 is 23.2 Å². The van der Waals surface area contributed by atoms with Gasteiger partial charge in [-0.15, -0.1) is 0 Å². The molecule has 0 aliphatic carbocycles. The van der Waals surface area contributed by atoms with E-state index in [4.69, 9.17) is 23.2 Å². The maximum Gasteiger partial charge on any atom is 0.119 e. The Kier molecular flexibility index (Phi) is 3.46. The molecule has 0 saturated carbocycles. The van der Waals surface area contributed by atoms with Crippen LogP contribution in [0.25, 0.3) is 0 Å². The summed E-state index contributed by atoms with van der Waals surface area (Å²) in [5.41, 5.74) is 0.796. The summed E-state index contributed by atoms with van der Waals surface area (Å²) in [6.45, 7) is 0. The van der Waals surface area contributed by atoms with Crippen molar-refractivity contribution in [1.82, 2.24) is 0 Å². The van der Waals surface area contributed by atoms with Crippen molar-refractivity contribution in [3.05, 3.63) is 64.0 Å². The van der Waals surface area contributed by atoms with Crippen molar-refractivity contribution in [2.45, 2.75) is 0 Å². The van der Waals surface area contributed by atoms with Crippen LogP contribution in [0.2, 0.25) is 10.0 Å². The quantitative estimate of drug-likeness (QED) is 0.866. The third-order valence-electron chi connectivity index (χ3n) is 2.19. The third-order valence-corrected chi connectivity index (χ3v) is 2.66. The summed E-state index contributed by atoms with van der Waals surface area (Å²) in [6, 6.07) is 9.17. The van der Waals surface area contributed by atoms with Crippen LogP contribution in [0.5, 0.6) is 11.5 Å². The number of benzene rings is 2. The number of hydrogen-bond donors (Lipinski definition) is 2. The van der Waals surface area contributed by atoms with Gasteiger partial charge in [0.15, 0.2) is 0 Å². The van der Waals surface area contributed by atoms with Crippen LogP contribution < -0.4 is 0 Å². The highest BCUT2D eigenvalue weighted by Gasteiger charge is 2.08. The Morgan fingerprint density at radius 2 is 1.18 bits per heavy atom. The van der Waals surface area contributed by atoms with Gasteiger partial charge in [0.1, 0.15) is 11.5 Å². The number of aromatic hydroxyl groups is 2. The molecule has 4 heteroatoms. The molecule has 2 nitrogen and oxygen atoms in total. The van der Waals surface area contributed by atoms with E-state index >= 15 is 0 Å². The lowest BCUT2D eigenvalue weighted by atomic mass is 10.0. The first kappa shape index (κ1) is 12.1. The van der Waals surface area contributed by atoms with Crippen LogP contribution in [0.3, 0.4) is 0 Å². The van der Waals surface area contributed by atoms with Crippen LogP contribution in [0.15, 0.2) is 36.4 Å². The van der Waals surface area contributed by atoms with Crippen LogP contribution in [0, 0.1) is 6.42 Å². The lowest BCUT2D eigenvalue weighted by molar-refractivity contribution is 0.468. The lowest BCUT2D eigenvalue weighted by Crippen LogP contribution is -1.87. The largest absolute Gasteiger partial charge is 0.508 e. The predicted octanol–water partition coefficient (Wildman–Crippen LogP) is 3.88. The molecule has 0 aliphatic heterocycles. The molecule has 0 bridgehead atoms. The second-order valence-electron chi connectivity index (χ2n) is 3.45. The molecule has 0 fully saturated rings. The molecule has 2 aromatic rings. The Bertz CT molecular complexity index is 504. The molecule has 0 saturated heterocycles. The maximum absolute atomic E-state index is 9.62. The van der Waals surface area contributed by atoms with Gasteiger partial charge < -0.3 is 10.2 Å². The van der Waals surface area contributed by atoms with Gasteiger partial charge in [-0.05, 0) is 36.4 Å². The van der Waals surface area contributed by atoms with Crippen molar-refractivity contribution in [3.63, 3.8) is 0 Å². The first-order chi connectivity index (χ1) is 8.06. The average molecular weight is 267 g/mol. The first-order valence-electron chi connectivity index (χ1n) is 4.80. The molecule has 17 heavy (non-hydrogen) atoms. The Hall–Kier alpha value is -1.38. The van der Waals surface area contributed by atoms with Crippen LogP contribution in [0.1, 0.15) is 11.1 Å². The summed E-state index contributed by atoms with van der Waals surface area (Å²) in [4.78, 5) is 0. The Morgan fingerprint density at radius 1 is 0.765 bits per heavy atom. The van der Waals surface area contributed by atoms with Gasteiger partial charge in [0.2, 0.25) is 0 Å². The highest BCUT2D eigenvalue weighted by Crippen LogP contribution is 2.30. The van der Waals surface area contributed by atoms with Crippen LogP contribution in [-0.2, 0) is 0 Å². The Morgan fingerprint density at radius 3 is 1.59 bits per heavy atom. The van der Waals surface area contributed by atoms with E-state index in [0.29, 0.717) is 21.2 Å². The summed E-state index contributed by atoms with van der Waals surface area (Å²) in [7, 11) is 0. The van der Waals surface area contributed by atoms with Crippen LogP contribution in [-0.4, -0.2) is 10.2 Å². The highest BCUT2D eigenvalue weighted by molar-refractivity contribution is 6.31. The molecule has 0 atom stereocenters. The highest BCUT2D eigenvalue weighted by atomic mass is 35.5. The van der Waals surface area contributed by atoms with Gasteiger partial charge in [-0.25, -0.2) is 0 Å². The van der Waals surface area contributed by atoms with Crippen molar-refractivity contribution in [3.8, 4) is 11.5 Å². The molecule has 0 unspecified atom stereocenters. The summed E-state index contributed by atoms with van der Waals surface area (Å²) in [6.07, 6.45) is 2.85. The molecule has 0 heterocycles. The maximum atomic E-state index is 9.62. The molecule has 2 rings (SSSR count). The van der Waals surface area contributed by atoms with Gasteiger partial charge in [-0.2, -0.15) is 0 Å². The Labute approximate surface area is 109 Å². The molecule has 0 aromatic heterocycles. The molecule has 2 radical (unpaired) electrons. The summed E-state index contributed by atoms with van der Waals surface area (Å²) >= 11 is 11.6. The number of rotatable bonds is 2. The average Bonchev–Trinajstić information content (AvgIpc) is 2.28. The summed E-state index contributed by atoms with van der Waals surface area (Å²) in [5, 5.41) is 20.2. The van der Waals surface area contributed by atoms with Gasteiger partial charge in [-0.3, -0.25) is 0 Å². The molecule has 0 aliphatic rings. The molecular formula is C13H8Cl2O2. The molecule has 86 valence electrons. The van der Waals surface area contributed by atoms with Gasteiger partial charge in [0.05, 0.1) is 6.42 Å². The zero-order valence-electron chi connectivity index (χ0n) is 8.61. The molecule has 2 N–H and O–H groups in total. The van der Waals surface area contributed by atoms with Gasteiger partial charge >= 0.3 is 0 Å². The van der Waals surface area contributed by atoms with E-state index in [9.17, 15) is 10.2 Å². The minimum Gasteiger partial charge on any atom is -0.508 e. The van der Waals surface area contributed by atoms with E-state index in [2.05, 4.69) is 6.42 Å². The van der Waals surface area contributed by atoms with Gasteiger partial charge in [0.25, 0.3) is 0 Å². The summed E-state index contributed by atoms with van der Waals surface area (Å²) in [5.74, 6) is 0.0718. The minimum atomic E-state index is 0.0359. The Balaban J connectivity index is 2.37. The summed E-state index contributed by atoms with van der Waals surface area (Å²) < 4.78 is 0. The molecular weight excluding hydrogens is 259 g/mol.